The van der Waals surface area contributed by atoms with E-state index in [4.69, 9.17) is 18.9 Å². The number of hydrogen-bond acceptors (Lipinski definition) is 5. The molecule has 0 aliphatic heterocycles. The van der Waals surface area contributed by atoms with Crippen molar-refractivity contribution in [2.24, 2.45) is 0 Å². The predicted octanol–water partition coefficient (Wildman–Crippen LogP) is 3.43. The van der Waals surface area contributed by atoms with Crippen molar-refractivity contribution in [1.82, 2.24) is 0 Å². The van der Waals surface area contributed by atoms with Gasteiger partial charge in [0.2, 0.25) is 0 Å². The minimum atomic E-state index is -1.07. The number of carboxylic acids is 1. The topological polar surface area (TPSA) is 74.2 Å². The summed E-state index contributed by atoms with van der Waals surface area (Å²) in [5, 5.41) is 9.60. The van der Waals surface area contributed by atoms with Crippen LogP contribution in [-0.2, 0) is 11.3 Å². The highest BCUT2D eigenvalue weighted by atomic mass is 16.5. The third kappa shape index (κ3) is 4.28. The van der Waals surface area contributed by atoms with E-state index in [1.165, 1.54) is 0 Å². The molecule has 1 aromatic rings. The van der Waals surface area contributed by atoms with E-state index >= 15 is 0 Å². The third-order valence-electron chi connectivity index (χ3n) is 3.23. The summed E-state index contributed by atoms with van der Waals surface area (Å²) >= 11 is 0. The Labute approximate surface area is 137 Å². The molecule has 1 N–H and O–H groups in total. The van der Waals surface area contributed by atoms with E-state index in [-0.39, 0.29) is 17.9 Å². The number of ether oxygens (including phenoxy) is 4. The molecular weight excluding hydrogens is 300 g/mol. The highest BCUT2D eigenvalue weighted by Crippen LogP contribution is 2.44. The fourth-order valence-corrected chi connectivity index (χ4v) is 2.38. The van der Waals surface area contributed by atoms with Crippen LogP contribution in [0.1, 0.15) is 49.2 Å². The zero-order chi connectivity index (χ0) is 17.4. The Balaban J connectivity index is 3.70. The van der Waals surface area contributed by atoms with Gasteiger partial charge in [0.05, 0.1) is 32.0 Å². The molecule has 23 heavy (non-hydrogen) atoms. The molecule has 0 fully saturated rings. The van der Waals surface area contributed by atoms with Crippen LogP contribution in [0.3, 0.4) is 0 Å². The molecule has 1 aromatic carbocycles. The largest absolute Gasteiger partial charge is 0.493 e. The first-order valence-corrected chi connectivity index (χ1v) is 7.92. The molecule has 0 saturated heterocycles. The van der Waals surface area contributed by atoms with Crippen LogP contribution in [0, 0.1) is 6.92 Å². The van der Waals surface area contributed by atoms with Gasteiger partial charge >= 0.3 is 5.97 Å². The first-order valence-electron chi connectivity index (χ1n) is 7.92. The maximum atomic E-state index is 11.7. The van der Waals surface area contributed by atoms with E-state index in [2.05, 4.69) is 0 Å². The Bertz CT molecular complexity index is 539. The molecule has 6 nitrogen and oxygen atoms in total. The second-order valence-electron chi connectivity index (χ2n) is 4.71. The summed E-state index contributed by atoms with van der Waals surface area (Å²) in [6.45, 7) is 11.0. The third-order valence-corrected chi connectivity index (χ3v) is 3.23. The maximum absolute atomic E-state index is 11.7. The number of hydrogen-bond donors (Lipinski definition) is 1. The Morgan fingerprint density at radius 2 is 1.39 bits per heavy atom. The molecular formula is C17H26O6. The number of benzene rings is 1. The van der Waals surface area contributed by atoms with Crippen LogP contribution in [0.5, 0.6) is 17.2 Å². The van der Waals surface area contributed by atoms with Crippen LogP contribution < -0.4 is 14.2 Å². The first-order chi connectivity index (χ1) is 11.0. The van der Waals surface area contributed by atoms with E-state index in [0.717, 1.165) is 0 Å². The zero-order valence-electron chi connectivity index (χ0n) is 14.5. The zero-order valence-corrected chi connectivity index (χ0v) is 14.5. The van der Waals surface area contributed by atoms with Crippen LogP contribution >= 0.6 is 0 Å². The predicted molar refractivity (Wildman–Crippen MR) is 87.0 cm³/mol. The summed E-state index contributed by atoms with van der Waals surface area (Å²) in [4.78, 5) is 11.7. The van der Waals surface area contributed by atoms with E-state index < -0.39 is 5.97 Å². The Hall–Kier alpha value is -1.95. The molecule has 0 aliphatic rings. The van der Waals surface area contributed by atoms with Gasteiger partial charge in [-0.3, -0.25) is 0 Å². The standard InChI is InChI=1S/C17H26O6/c1-6-20-10-12-14(21-7-2)11(5)13(17(18)19)16(23-9-4)15(12)22-8-3/h6-10H2,1-5H3,(H,18,19). The summed E-state index contributed by atoms with van der Waals surface area (Å²) in [5.41, 5.74) is 1.27. The minimum Gasteiger partial charge on any atom is -0.493 e. The van der Waals surface area contributed by atoms with Crippen LogP contribution in [-0.4, -0.2) is 37.5 Å². The Morgan fingerprint density at radius 1 is 0.870 bits per heavy atom. The second-order valence-corrected chi connectivity index (χ2v) is 4.71. The smallest absolute Gasteiger partial charge is 0.340 e. The van der Waals surface area contributed by atoms with Crippen molar-refractivity contribution in [1.29, 1.82) is 0 Å². The van der Waals surface area contributed by atoms with Crippen molar-refractivity contribution in [2.75, 3.05) is 26.4 Å². The summed E-state index contributed by atoms with van der Waals surface area (Å²) < 4.78 is 22.5. The lowest BCUT2D eigenvalue weighted by Gasteiger charge is -2.23. The van der Waals surface area contributed by atoms with Crippen LogP contribution in [0.2, 0.25) is 0 Å². The molecule has 0 atom stereocenters. The highest BCUT2D eigenvalue weighted by Gasteiger charge is 2.28. The van der Waals surface area contributed by atoms with Gasteiger partial charge in [-0.15, -0.1) is 0 Å². The lowest BCUT2D eigenvalue weighted by Crippen LogP contribution is -2.13. The summed E-state index contributed by atoms with van der Waals surface area (Å²) in [6, 6.07) is 0. The van der Waals surface area contributed by atoms with Crippen LogP contribution in [0.4, 0.5) is 0 Å². The van der Waals surface area contributed by atoms with Gasteiger partial charge in [0.25, 0.3) is 0 Å². The fourth-order valence-electron chi connectivity index (χ4n) is 2.38. The lowest BCUT2D eigenvalue weighted by atomic mass is 10.0. The molecule has 0 aliphatic carbocycles. The van der Waals surface area contributed by atoms with Gasteiger partial charge in [0.1, 0.15) is 11.3 Å². The van der Waals surface area contributed by atoms with Crippen molar-refractivity contribution < 1.29 is 28.8 Å². The number of aromatic carboxylic acids is 1. The van der Waals surface area contributed by atoms with Crippen LogP contribution in [0.25, 0.3) is 0 Å². The lowest BCUT2D eigenvalue weighted by molar-refractivity contribution is 0.0689. The molecule has 0 radical (unpaired) electrons. The fraction of sp³-hybridized carbons (Fsp3) is 0.588. The minimum absolute atomic E-state index is 0.0685. The molecule has 0 amide bonds. The molecule has 130 valence electrons. The summed E-state index contributed by atoms with van der Waals surface area (Å²) in [6.07, 6.45) is 0. The maximum Gasteiger partial charge on any atom is 0.340 e. The Kier molecular flexibility index (Phi) is 7.68. The van der Waals surface area contributed by atoms with Crippen LogP contribution in [0.15, 0.2) is 0 Å². The average Bonchev–Trinajstić information content (AvgIpc) is 2.51. The monoisotopic (exact) mass is 326 g/mol. The summed E-state index contributed by atoms with van der Waals surface area (Å²) in [7, 11) is 0. The average molecular weight is 326 g/mol. The molecule has 6 heteroatoms. The number of rotatable bonds is 10. The molecule has 0 spiro atoms. The van der Waals surface area contributed by atoms with E-state index in [1.807, 2.05) is 20.8 Å². The quantitative estimate of drug-likeness (QED) is 0.710. The van der Waals surface area contributed by atoms with Crippen molar-refractivity contribution >= 4 is 5.97 Å². The molecule has 0 heterocycles. The molecule has 1 rings (SSSR count). The second kappa shape index (κ2) is 9.25. The molecule has 0 unspecified atom stereocenters. The normalized spacial score (nSPS) is 10.5. The molecule has 0 aromatic heterocycles. The highest BCUT2D eigenvalue weighted by molar-refractivity contribution is 5.95. The van der Waals surface area contributed by atoms with Gasteiger partial charge in [-0.05, 0) is 34.6 Å². The molecule has 0 saturated carbocycles. The van der Waals surface area contributed by atoms with Crippen molar-refractivity contribution in [2.45, 2.75) is 41.2 Å². The summed E-state index contributed by atoms with van der Waals surface area (Å²) in [5.74, 6) is 0.0350. The van der Waals surface area contributed by atoms with Gasteiger partial charge in [0.15, 0.2) is 11.5 Å². The van der Waals surface area contributed by atoms with Crippen molar-refractivity contribution in [3.8, 4) is 17.2 Å². The first kappa shape index (κ1) is 19.1. The van der Waals surface area contributed by atoms with Gasteiger partial charge in [0, 0.05) is 12.2 Å². The van der Waals surface area contributed by atoms with Gasteiger partial charge in [-0.2, -0.15) is 0 Å². The SMILES string of the molecule is CCOCc1c(OCC)c(C)c(C(=O)O)c(OCC)c1OCC. The van der Waals surface area contributed by atoms with Crippen molar-refractivity contribution in [3.63, 3.8) is 0 Å². The molecule has 0 bridgehead atoms. The van der Waals surface area contributed by atoms with E-state index in [9.17, 15) is 9.90 Å². The van der Waals surface area contributed by atoms with Gasteiger partial charge < -0.3 is 24.1 Å². The number of carbonyl (C=O) groups is 1. The van der Waals surface area contributed by atoms with Crippen molar-refractivity contribution in [3.05, 3.63) is 16.7 Å². The Morgan fingerprint density at radius 3 is 1.87 bits per heavy atom. The number of carboxylic acid groups (broad SMARTS) is 1. The van der Waals surface area contributed by atoms with Gasteiger partial charge in [-0.25, -0.2) is 4.79 Å². The van der Waals surface area contributed by atoms with E-state index in [0.29, 0.717) is 49.1 Å². The van der Waals surface area contributed by atoms with E-state index in [1.54, 1.807) is 13.8 Å². The van der Waals surface area contributed by atoms with Gasteiger partial charge in [-0.1, -0.05) is 0 Å².